The highest BCUT2D eigenvalue weighted by atomic mass is 19.4. The number of hydrogen-bond donors (Lipinski definition) is 4. The molecular formula is C26H25F3N4O6. The van der Waals surface area contributed by atoms with Gasteiger partial charge in [0, 0.05) is 36.3 Å². The number of imide groups is 1. The second-order valence-corrected chi connectivity index (χ2v) is 9.29. The van der Waals surface area contributed by atoms with Gasteiger partial charge in [-0.25, -0.2) is 4.79 Å². The fraction of sp³-hybridized carbons (Fsp3) is 0.346. The molecule has 13 heteroatoms. The zero-order chi connectivity index (χ0) is 28.3. The average Bonchev–Trinajstić information content (AvgIpc) is 3.03. The lowest BCUT2D eigenvalue weighted by molar-refractivity contribution is -0.192. The number of aliphatic carboxylic acids is 1. The molecule has 2 aromatic rings. The number of hydrogen-bond acceptors (Lipinski definition) is 6. The van der Waals surface area contributed by atoms with Gasteiger partial charge in [-0.1, -0.05) is 12.1 Å². The Hall–Kier alpha value is -4.26. The highest BCUT2D eigenvalue weighted by molar-refractivity contribution is 6.08. The maximum atomic E-state index is 13.0. The van der Waals surface area contributed by atoms with E-state index in [4.69, 9.17) is 9.90 Å². The van der Waals surface area contributed by atoms with Crippen LogP contribution in [0.3, 0.4) is 0 Å². The third-order valence-corrected chi connectivity index (χ3v) is 6.61. The zero-order valence-corrected chi connectivity index (χ0v) is 20.6. The van der Waals surface area contributed by atoms with Crippen LogP contribution in [0.4, 0.5) is 18.9 Å². The first-order valence-electron chi connectivity index (χ1n) is 12.2. The van der Waals surface area contributed by atoms with E-state index in [1.54, 1.807) is 18.2 Å². The van der Waals surface area contributed by atoms with Crippen molar-refractivity contribution in [3.8, 4) is 0 Å². The molecule has 1 unspecified atom stereocenters. The standard InChI is InChI=1S/C24H24N4O4.C2HF3O2/c29-21-8-7-20(23(31)27-21)28-13-16-4-3-15(11-19(16)24(28)32)22(30)26-18-6-5-14-2-1-9-25-12-17(14)10-18;3-2(4,5)1(6)7/h3-6,10-11,20,25H,1-2,7-9,12-13H2,(H,26,30)(H,27,29,31);(H,6,7). The molecule has 0 aliphatic carbocycles. The van der Waals surface area contributed by atoms with Gasteiger partial charge in [0.15, 0.2) is 0 Å². The van der Waals surface area contributed by atoms with Crippen LogP contribution >= 0.6 is 0 Å². The maximum absolute atomic E-state index is 13.0. The molecule has 3 heterocycles. The van der Waals surface area contributed by atoms with E-state index in [0.29, 0.717) is 24.1 Å². The number of carboxylic acids is 1. The Balaban J connectivity index is 0.000000448. The van der Waals surface area contributed by atoms with Crippen LogP contribution in [0.5, 0.6) is 0 Å². The normalized spacial score (nSPS) is 18.7. The molecule has 1 fully saturated rings. The summed E-state index contributed by atoms with van der Waals surface area (Å²) in [5.41, 5.74) is 4.78. The second kappa shape index (κ2) is 11.2. The van der Waals surface area contributed by atoms with Crippen molar-refractivity contribution in [3.05, 3.63) is 64.2 Å². The summed E-state index contributed by atoms with van der Waals surface area (Å²) in [6.07, 6.45) is -2.45. The third kappa shape index (κ3) is 6.42. The van der Waals surface area contributed by atoms with Gasteiger partial charge in [0.2, 0.25) is 11.8 Å². The molecule has 206 valence electrons. The third-order valence-electron chi connectivity index (χ3n) is 6.61. The van der Waals surface area contributed by atoms with Crippen LogP contribution in [0.2, 0.25) is 0 Å². The van der Waals surface area contributed by atoms with Crippen LogP contribution in [-0.2, 0) is 33.9 Å². The van der Waals surface area contributed by atoms with Gasteiger partial charge in [-0.3, -0.25) is 24.5 Å². The Kier molecular flexibility index (Phi) is 8.00. The van der Waals surface area contributed by atoms with E-state index >= 15 is 0 Å². The first-order chi connectivity index (χ1) is 18.4. The number of alkyl halides is 3. The second-order valence-electron chi connectivity index (χ2n) is 9.29. The number of piperidine rings is 1. The van der Waals surface area contributed by atoms with Crippen molar-refractivity contribution in [2.75, 3.05) is 11.9 Å². The topological polar surface area (TPSA) is 145 Å². The van der Waals surface area contributed by atoms with Crippen molar-refractivity contribution in [1.29, 1.82) is 0 Å². The summed E-state index contributed by atoms with van der Waals surface area (Å²) in [5, 5.41) is 15.7. The van der Waals surface area contributed by atoms with Crippen molar-refractivity contribution in [1.82, 2.24) is 15.5 Å². The summed E-state index contributed by atoms with van der Waals surface area (Å²) in [6.45, 7) is 2.05. The summed E-state index contributed by atoms with van der Waals surface area (Å²) in [6, 6.07) is 10.3. The monoisotopic (exact) mass is 546 g/mol. The van der Waals surface area contributed by atoms with Gasteiger partial charge in [-0.05, 0) is 66.8 Å². The summed E-state index contributed by atoms with van der Waals surface area (Å²) < 4.78 is 31.7. The van der Waals surface area contributed by atoms with Crippen LogP contribution in [0.1, 0.15) is 56.7 Å². The molecule has 1 saturated heterocycles. The SMILES string of the molecule is O=C(O)C(F)(F)F.O=C1CCC(N2Cc3ccc(C(=O)Nc4ccc5c(c4)CNCCC5)cc3C2=O)C(=O)N1. The van der Waals surface area contributed by atoms with Gasteiger partial charge < -0.3 is 20.6 Å². The van der Waals surface area contributed by atoms with Crippen molar-refractivity contribution >= 4 is 35.3 Å². The number of benzene rings is 2. The lowest BCUT2D eigenvalue weighted by Crippen LogP contribution is -2.52. The molecule has 0 spiro atoms. The summed E-state index contributed by atoms with van der Waals surface area (Å²) in [5.74, 6) is -4.10. The largest absolute Gasteiger partial charge is 0.490 e. The summed E-state index contributed by atoms with van der Waals surface area (Å²) >= 11 is 0. The van der Waals surface area contributed by atoms with E-state index < -0.39 is 24.1 Å². The van der Waals surface area contributed by atoms with E-state index in [9.17, 15) is 32.3 Å². The predicted octanol–water partition coefficient (Wildman–Crippen LogP) is 2.37. The minimum Gasteiger partial charge on any atom is -0.475 e. The summed E-state index contributed by atoms with van der Waals surface area (Å²) in [7, 11) is 0. The fourth-order valence-electron chi connectivity index (χ4n) is 4.64. The number of nitrogens with zero attached hydrogens (tertiary/aromatic N) is 1. The number of halogens is 3. The molecule has 0 saturated carbocycles. The molecule has 10 nitrogen and oxygen atoms in total. The molecule has 39 heavy (non-hydrogen) atoms. The molecule has 5 rings (SSSR count). The van der Waals surface area contributed by atoms with Crippen LogP contribution in [0.25, 0.3) is 0 Å². The first-order valence-corrected chi connectivity index (χ1v) is 12.2. The van der Waals surface area contributed by atoms with Gasteiger partial charge in [0.1, 0.15) is 6.04 Å². The van der Waals surface area contributed by atoms with Crippen LogP contribution in [0.15, 0.2) is 36.4 Å². The average molecular weight is 547 g/mol. The van der Waals surface area contributed by atoms with Crippen molar-refractivity contribution in [3.63, 3.8) is 0 Å². The molecule has 4 N–H and O–H groups in total. The molecule has 0 radical (unpaired) electrons. The molecule has 2 aromatic carbocycles. The Morgan fingerprint density at radius 2 is 1.72 bits per heavy atom. The Labute approximate surface area is 220 Å². The Morgan fingerprint density at radius 1 is 1.00 bits per heavy atom. The lowest BCUT2D eigenvalue weighted by atomic mass is 10.0. The predicted molar refractivity (Wildman–Crippen MR) is 131 cm³/mol. The molecule has 1 atom stereocenters. The smallest absolute Gasteiger partial charge is 0.475 e. The van der Waals surface area contributed by atoms with Gasteiger partial charge in [-0.2, -0.15) is 13.2 Å². The van der Waals surface area contributed by atoms with E-state index in [0.717, 1.165) is 37.2 Å². The van der Waals surface area contributed by atoms with E-state index in [1.807, 2.05) is 12.1 Å². The van der Waals surface area contributed by atoms with Crippen molar-refractivity contribution in [2.24, 2.45) is 0 Å². The first kappa shape index (κ1) is 27.8. The number of nitrogens with one attached hydrogen (secondary N) is 3. The molecular weight excluding hydrogens is 521 g/mol. The van der Waals surface area contributed by atoms with Gasteiger partial charge in [0.05, 0.1) is 0 Å². The number of carbonyl (C=O) groups excluding carboxylic acids is 4. The minimum atomic E-state index is -5.08. The van der Waals surface area contributed by atoms with E-state index in [2.05, 4.69) is 22.0 Å². The van der Waals surface area contributed by atoms with Crippen LogP contribution in [0, 0.1) is 0 Å². The van der Waals surface area contributed by atoms with Gasteiger partial charge in [-0.15, -0.1) is 0 Å². The lowest BCUT2D eigenvalue weighted by Gasteiger charge is -2.29. The number of anilines is 1. The summed E-state index contributed by atoms with van der Waals surface area (Å²) in [4.78, 5) is 59.8. The number of rotatable bonds is 3. The van der Waals surface area contributed by atoms with E-state index in [-0.39, 0.29) is 24.1 Å². The maximum Gasteiger partial charge on any atom is 0.490 e. The Bertz CT molecular complexity index is 1340. The highest BCUT2D eigenvalue weighted by Crippen LogP contribution is 2.28. The number of amides is 4. The number of carbonyl (C=O) groups is 5. The number of fused-ring (bicyclic) bond motifs is 2. The van der Waals surface area contributed by atoms with E-state index in [1.165, 1.54) is 16.0 Å². The number of aryl methyl sites for hydroxylation is 1. The Morgan fingerprint density at radius 3 is 2.41 bits per heavy atom. The van der Waals surface area contributed by atoms with Gasteiger partial charge >= 0.3 is 12.1 Å². The minimum absolute atomic E-state index is 0.209. The fourth-order valence-corrected chi connectivity index (χ4v) is 4.64. The van der Waals surface area contributed by atoms with Crippen molar-refractivity contribution in [2.45, 2.75) is 51.0 Å². The molecule has 0 bridgehead atoms. The molecule has 3 aliphatic heterocycles. The van der Waals surface area contributed by atoms with Crippen LogP contribution in [-0.4, -0.2) is 58.4 Å². The molecule has 4 amide bonds. The highest BCUT2D eigenvalue weighted by Gasteiger charge is 2.39. The van der Waals surface area contributed by atoms with Gasteiger partial charge in [0.25, 0.3) is 11.8 Å². The number of carboxylic acid groups (broad SMARTS) is 1. The molecule has 3 aliphatic rings. The van der Waals surface area contributed by atoms with Crippen molar-refractivity contribution < 1.29 is 42.3 Å². The zero-order valence-electron chi connectivity index (χ0n) is 20.6. The van der Waals surface area contributed by atoms with Crippen LogP contribution < -0.4 is 16.0 Å². The molecule has 0 aromatic heterocycles. The quantitative estimate of drug-likeness (QED) is 0.433.